The van der Waals surface area contributed by atoms with Gasteiger partial charge in [0.05, 0.1) is 16.0 Å². The first-order valence-corrected chi connectivity index (χ1v) is 6.21. The van der Waals surface area contributed by atoms with Crippen molar-refractivity contribution in [2.75, 3.05) is 0 Å². The van der Waals surface area contributed by atoms with E-state index >= 15 is 0 Å². The first kappa shape index (κ1) is 9.66. The molecule has 0 radical (unpaired) electrons. The number of hydrogen-bond donors (Lipinski definition) is 0. The summed E-state index contributed by atoms with van der Waals surface area (Å²) in [4.78, 5) is 0.948. The van der Waals surface area contributed by atoms with E-state index in [1.807, 2.05) is 30.3 Å². The quantitative estimate of drug-likeness (QED) is 0.680. The van der Waals surface area contributed by atoms with Gasteiger partial charge in [0.15, 0.2) is 0 Å². The molecule has 0 aromatic heterocycles. The van der Waals surface area contributed by atoms with Crippen molar-refractivity contribution in [2.45, 2.75) is 29.4 Å². The van der Waals surface area contributed by atoms with Crippen molar-refractivity contribution in [1.29, 1.82) is 0 Å². The first-order chi connectivity index (χ1) is 6.88. The van der Waals surface area contributed by atoms with Crippen molar-refractivity contribution in [3.05, 3.63) is 42.5 Å². The average Bonchev–Trinajstić information content (AvgIpc) is 2.30. The number of rotatable bonds is 2. The van der Waals surface area contributed by atoms with Crippen molar-refractivity contribution < 1.29 is 4.21 Å². The molecule has 2 heteroatoms. The summed E-state index contributed by atoms with van der Waals surface area (Å²) < 4.78 is 12.1. The molecule has 2 unspecified atom stereocenters. The Morgan fingerprint density at radius 1 is 1.21 bits per heavy atom. The van der Waals surface area contributed by atoms with E-state index in [-0.39, 0.29) is 5.25 Å². The van der Waals surface area contributed by atoms with Crippen LogP contribution in [0, 0.1) is 0 Å². The molecule has 1 nitrogen and oxygen atoms in total. The lowest BCUT2D eigenvalue weighted by atomic mass is 10.1. The molecule has 14 heavy (non-hydrogen) atoms. The zero-order chi connectivity index (χ0) is 9.80. The molecule has 0 fully saturated rings. The Morgan fingerprint density at radius 2 is 2.00 bits per heavy atom. The van der Waals surface area contributed by atoms with Crippen LogP contribution >= 0.6 is 0 Å². The molecule has 1 aromatic carbocycles. The number of benzene rings is 1. The van der Waals surface area contributed by atoms with Gasteiger partial charge in [-0.15, -0.1) is 0 Å². The highest BCUT2D eigenvalue weighted by molar-refractivity contribution is 7.85. The van der Waals surface area contributed by atoms with Gasteiger partial charge in [-0.1, -0.05) is 30.4 Å². The molecule has 2 rings (SSSR count). The third kappa shape index (κ3) is 2.13. The molecular weight excluding hydrogens is 192 g/mol. The van der Waals surface area contributed by atoms with Gasteiger partial charge < -0.3 is 0 Å². The van der Waals surface area contributed by atoms with Gasteiger partial charge in [-0.05, 0) is 31.4 Å². The van der Waals surface area contributed by atoms with Gasteiger partial charge in [0.1, 0.15) is 0 Å². The Morgan fingerprint density at radius 3 is 2.64 bits per heavy atom. The minimum atomic E-state index is -0.857. The summed E-state index contributed by atoms with van der Waals surface area (Å²) in [6.07, 6.45) is 7.61. The predicted molar refractivity (Wildman–Crippen MR) is 59.6 cm³/mol. The smallest absolute Gasteiger partial charge is 0.0599 e. The number of hydrogen-bond acceptors (Lipinski definition) is 1. The van der Waals surface area contributed by atoms with E-state index in [1.165, 1.54) is 6.42 Å². The van der Waals surface area contributed by atoms with E-state index < -0.39 is 10.8 Å². The van der Waals surface area contributed by atoms with E-state index in [4.69, 9.17) is 0 Å². The Kier molecular flexibility index (Phi) is 3.14. The standard InChI is InChI=1S/C12H14OS/c13-14(11-7-3-1-4-8-11)12-9-5-2-6-10-12/h1,3-5,7-9,12H,2,6,10H2. The monoisotopic (exact) mass is 206 g/mol. The second kappa shape index (κ2) is 4.56. The second-order valence-corrected chi connectivity index (χ2v) is 5.18. The normalized spacial score (nSPS) is 23.3. The Labute approximate surface area is 87.3 Å². The SMILES string of the molecule is O=S(c1ccccc1)C1C=CCCC1. The largest absolute Gasteiger partial charge is 0.254 e. The van der Waals surface area contributed by atoms with Gasteiger partial charge in [0.25, 0.3) is 0 Å². The van der Waals surface area contributed by atoms with Gasteiger partial charge in [-0.2, -0.15) is 0 Å². The lowest BCUT2D eigenvalue weighted by Crippen LogP contribution is -2.14. The van der Waals surface area contributed by atoms with Gasteiger partial charge in [0, 0.05) is 4.90 Å². The number of allylic oxidation sites excluding steroid dienone is 1. The summed E-state index contributed by atoms with van der Waals surface area (Å²) in [5, 5.41) is 0.228. The van der Waals surface area contributed by atoms with Crippen molar-refractivity contribution in [2.24, 2.45) is 0 Å². The van der Waals surface area contributed by atoms with Crippen LogP contribution in [0.2, 0.25) is 0 Å². The molecule has 0 N–H and O–H groups in total. The molecule has 0 amide bonds. The molecule has 0 bridgehead atoms. The predicted octanol–water partition coefficient (Wildman–Crippen LogP) is 2.90. The maximum absolute atomic E-state index is 12.1. The maximum Gasteiger partial charge on any atom is 0.0599 e. The van der Waals surface area contributed by atoms with Crippen LogP contribution in [-0.2, 0) is 10.8 Å². The van der Waals surface area contributed by atoms with E-state index in [1.54, 1.807) is 0 Å². The van der Waals surface area contributed by atoms with Gasteiger partial charge in [0.2, 0.25) is 0 Å². The molecule has 2 atom stereocenters. The van der Waals surface area contributed by atoms with Gasteiger partial charge in [-0.25, -0.2) is 0 Å². The van der Waals surface area contributed by atoms with Crippen molar-refractivity contribution in [3.63, 3.8) is 0 Å². The average molecular weight is 206 g/mol. The molecule has 1 aliphatic carbocycles. The van der Waals surface area contributed by atoms with E-state index in [0.717, 1.165) is 17.7 Å². The van der Waals surface area contributed by atoms with Crippen LogP contribution in [0.4, 0.5) is 0 Å². The summed E-state index contributed by atoms with van der Waals surface area (Å²) in [6, 6.07) is 9.73. The Balaban J connectivity index is 2.16. The lowest BCUT2D eigenvalue weighted by Gasteiger charge is -2.15. The Hall–Kier alpha value is -0.890. The fourth-order valence-corrected chi connectivity index (χ4v) is 3.10. The van der Waals surface area contributed by atoms with Crippen molar-refractivity contribution in [1.82, 2.24) is 0 Å². The molecular formula is C12H14OS. The summed E-state index contributed by atoms with van der Waals surface area (Å²) in [6.45, 7) is 0. The van der Waals surface area contributed by atoms with Crippen LogP contribution in [0.1, 0.15) is 19.3 Å². The zero-order valence-electron chi connectivity index (χ0n) is 8.06. The van der Waals surface area contributed by atoms with Gasteiger partial charge in [-0.3, -0.25) is 4.21 Å². The highest BCUT2D eigenvalue weighted by Crippen LogP contribution is 2.20. The summed E-state index contributed by atoms with van der Waals surface area (Å²) in [5.41, 5.74) is 0. The van der Waals surface area contributed by atoms with Crippen molar-refractivity contribution in [3.8, 4) is 0 Å². The van der Waals surface area contributed by atoms with E-state index in [9.17, 15) is 4.21 Å². The Bertz CT molecular complexity index is 343. The minimum Gasteiger partial charge on any atom is -0.254 e. The molecule has 1 aromatic rings. The first-order valence-electron chi connectivity index (χ1n) is 5.00. The molecule has 74 valence electrons. The zero-order valence-corrected chi connectivity index (χ0v) is 8.87. The summed E-state index contributed by atoms with van der Waals surface area (Å²) in [5.74, 6) is 0. The molecule has 0 saturated carbocycles. The van der Waals surface area contributed by atoms with Crippen LogP contribution in [0.3, 0.4) is 0 Å². The van der Waals surface area contributed by atoms with Gasteiger partial charge >= 0.3 is 0 Å². The van der Waals surface area contributed by atoms with Crippen LogP contribution in [0.25, 0.3) is 0 Å². The molecule has 0 spiro atoms. The van der Waals surface area contributed by atoms with Crippen LogP contribution in [0.5, 0.6) is 0 Å². The highest BCUT2D eigenvalue weighted by Gasteiger charge is 2.16. The van der Waals surface area contributed by atoms with Crippen LogP contribution in [-0.4, -0.2) is 9.46 Å². The molecule has 0 aliphatic heterocycles. The molecule has 0 heterocycles. The van der Waals surface area contributed by atoms with Crippen LogP contribution < -0.4 is 0 Å². The highest BCUT2D eigenvalue weighted by atomic mass is 32.2. The topological polar surface area (TPSA) is 17.1 Å². The second-order valence-electron chi connectivity index (χ2n) is 3.51. The summed E-state index contributed by atoms with van der Waals surface area (Å²) >= 11 is 0. The fourth-order valence-electron chi connectivity index (χ4n) is 1.69. The van der Waals surface area contributed by atoms with E-state index in [2.05, 4.69) is 12.2 Å². The fraction of sp³-hybridized carbons (Fsp3) is 0.333. The maximum atomic E-state index is 12.1. The molecule has 0 saturated heterocycles. The third-order valence-corrected chi connectivity index (χ3v) is 4.14. The van der Waals surface area contributed by atoms with E-state index in [0.29, 0.717) is 0 Å². The summed E-state index contributed by atoms with van der Waals surface area (Å²) in [7, 11) is -0.857. The van der Waals surface area contributed by atoms with Crippen LogP contribution in [0.15, 0.2) is 47.4 Å². The van der Waals surface area contributed by atoms with Crippen molar-refractivity contribution >= 4 is 10.8 Å². The lowest BCUT2D eigenvalue weighted by molar-refractivity contribution is 0.660. The third-order valence-electron chi connectivity index (χ3n) is 2.46. The minimum absolute atomic E-state index is 0.228. The molecule has 1 aliphatic rings.